The fourth-order valence-corrected chi connectivity index (χ4v) is 4.49. The smallest absolute Gasteiger partial charge is 0.226 e. The number of likely N-dealkylation sites (tertiary alicyclic amines) is 1. The Bertz CT molecular complexity index is 1120. The minimum Gasteiger partial charge on any atom is -0.493 e. The molecule has 3 aromatic rings. The van der Waals surface area contributed by atoms with Crippen LogP contribution < -0.4 is 9.47 Å². The van der Waals surface area contributed by atoms with E-state index in [4.69, 9.17) is 14.0 Å². The predicted octanol–water partition coefficient (Wildman–Crippen LogP) is 3.73. The van der Waals surface area contributed by atoms with Gasteiger partial charge in [0, 0.05) is 44.0 Å². The third-order valence-electron chi connectivity index (χ3n) is 6.53. The number of benzene rings is 1. The molecular weight excluding hydrogens is 448 g/mol. The maximum atomic E-state index is 12.7. The molecule has 0 bridgehead atoms. The van der Waals surface area contributed by atoms with Gasteiger partial charge in [-0.2, -0.15) is 4.98 Å². The van der Waals surface area contributed by atoms with Crippen LogP contribution >= 0.6 is 0 Å². The minimum atomic E-state index is 0.188. The number of hydrogen-bond acceptors (Lipinski definition) is 8. The summed E-state index contributed by atoms with van der Waals surface area (Å²) in [5, 5.41) is 12.4. The van der Waals surface area contributed by atoms with Gasteiger partial charge in [-0.05, 0) is 57.2 Å². The molecule has 1 aromatic carbocycles. The molecule has 0 radical (unpaired) electrons. The number of aryl methyl sites for hydroxylation is 1. The molecule has 10 nitrogen and oxygen atoms in total. The quantitative estimate of drug-likeness (QED) is 0.430. The van der Waals surface area contributed by atoms with Gasteiger partial charge in [-0.25, -0.2) is 0 Å². The summed E-state index contributed by atoms with van der Waals surface area (Å²) in [6.45, 7) is 5.87. The molecule has 0 spiro atoms. The van der Waals surface area contributed by atoms with Gasteiger partial charge in [0.25, 0.3) is 0 Å². The lowest BCUT2D eigenvalue weighted by atomic mass is 9.93. The van der Waals surface area contributed by atoms with Crippen LogP contribution in [0.2, 0.25) is 0 Å². The molecule has 0 unspecified atom stereocenters. The van der Waals surface area contributed by atoms with Gasteiger partial charge in [0.15, 0.2) is 11.5 Å². The van der Waals surface area contributed by atoms with Crippen LogP contribution in [0.4, 0.5) is 0 Å². The third kappa shape index (κ3) is 5.98. The molecule has 188 valence electrons. The molecule has 0 atom stereocenters. The average molecular weight is 483 g/mol. The molecule has 35 heavy (non-hydrogen) atoms. The summed E-state index contributed by atoms with van der Waals surface area (Å²) in [6, 6.07) is 5.83. The second-order valence-corrected chi connectivity index (χ2v) is 9.21. The van der Waals surface area contributed by atoms with Gasteiger partial charge < -0.3 is 23.5 Å². The topological polar surface area (TPSA) is 108 Å². The molecule has 1 fully saturated rings. The summed E-state index contributed by atoms with van der Waals surface area (Å²) in [6.07, 6.45) is 6.42. The van der Waals surface area contributed by atoms with Crippen LogP contribution in [-0.2, 0) is 17.6 Å². The van der Waals surface area contributed by atoms with Crippen LogP contribution in [0.1, 0.15) is 57.3 Å². The van der Waals surface area contributed by atoms with E-state index in [0.717, 1.165) is 43.7 Å². The van der Waals surface area contributed by atoms with E-state index in [0.29, 0.717) is 54.4 Å². The van der Waals surface area contributed by atoms with Crippen LogP contribution in [0.25, 0.3) is 11.4 Å². The predicted molar refractivity (Wildman–Crippen MR) is 129 cm³/mol. The van der Waals surface area contributed by atoms with E-state index in [-0.39, 0.29) is 5.91 Å². The second kappa shape index (κ2) is 11.3. The molecule has 0 saturated carbocycles. The molecular formula is C25H34N6O4. The van der Waals surface area contributed by atoms with Gasteiger partial charge in [0.1, 0.15) is 12.2 Å². The van der Waals surface area contributed by atoms with E-state index >= 15 is 0 Å². The number of hydrogen-bond donors (Lipinski definition) is 0. The average Bonchev–Trinajstić information content (AvgIpc) is 3.54. The van der Waals surface area contributed by atoms with Crippen molar-refractivity contribution >= 4 is 5.91 Å². The maximum absolute atomic E-state index is 12.7. The van der Waals surface area contributed by atoms with Crippen molar-refractivity contribution in [2.24, 2.45) is 5.92 Å². The summed E-state index contributed by atoms with van der Waals surface area (Å²) in [4.78, 5) is 19.2. The Morgan fingerprint density at radius 3 is 2.66 bits per heavy atom. The first-order chi connectivity index (χ1) is 17.0. The molecule has 3 heterocycles. The fraction of sp³-hybridized carbons (Fsp3) is 0.560. The summed E-state index contributed by atoms with van der Waals surface area (Å²) in [5.74, 6) is 4.02. The monoisotopic (exact) mass is 482 g/mol. The van der Waals surface area contributed by atoms with Gasteiger partial charge in [-0.1, -0.05) is 5.16 Å². The van der Waals surface area contributed by atoms with Crippen molar-refractivity contribution in [3.63, 3.8) is 0 Å². The second-order valence-electron chi connectivity index (χ2n) is 9.21. The fourth-order valence-electron chi connectivity index (χ4n) is 4.49. The number of piperidine rings is 1. The molecule has 0 N–H and O–H groups in total. The largest absolute Gasteiger partial charge is 0.493 e. The molecule has 10 heteroatoms. The minimum absolute atomic E-state index is 0.188. The molecule has 1 aliphatic heterocycles. The summed E-state index contributed by atoms with van der Waals surface area (Å²) in [7, 11) is 3.18. The summed E-state index contributed by atoms with van der Waals surface area (Å²) >= 11 is 0. The Hall–Kier alpha value is -3.43. The zero-order valence-corrected chi connectivity index (χ0v) is 20.9. The summed E-state index contributed by atoms with van der Waals surface area (Å²) in [5.41, 5.74) is 0.781. The first kappa shape index (κ1) is 24.7. The SMILES string of the molecule is COc1ccc(-c2noc(CCCC(=O)N3CCC(Cc4nncn4C(C)C)CC3)n2)cc1OC. The lowest BCUT2D eigenvalue weighted by molar-refractivity contribution is -0.132. The number of amides is 1. The van der Waals surface area contributed by atoms with Crippen LogP contribution in [0.3, 0.4) is 0 Å². The van der Waals surface area contributed by atoms with E-state index in [1.807, 2.05) is 17.0 Å². The van der Waals surface area contributed by atoms with Gasteiger partial charge in [-0.15, -0.1) is 10.2 Å². The Balaban J connectivity index is 1.22. The number of carbonyl (C=O) groups excluding carboxylic acids is 1. The van der Waals surface area contributed by atoms with E-state index < -0.39 is 0 Å². The Kier molecular flexibility index (Phi) is 7.99. The van der Waals surface area contributed by atoms with Gasteiger partial charge in [-0.3, -0.25) is 4.79 Å². The molecule has 1 saturated heterocycles. The van der Waals surface area contributed by atoms with Crippen molar-refractivity contribution in [3.05, 3.63) is 36.2 Å². The first-order valence-corrected chi connectivity index (χ1v) is 12.2. The maximum Gasteiger partial charge on any atom is 0.226 e. The lowest BCUT2D eigenvalue weighted by Crippen LogP contribution is -2.39. The number of aromatic nitrogens is 5. The number of nitrogens with zero attached hydrogens (tertiary/aromatic N) is 6. The first-order valence-electron chi connectivity index (χ1n) is 12.2. The highest BCUT2D eigenvalue weighted by Gasteiger charge is 2.24. The molecule has 0 aliphatic carbocycles. The number of rotatable bonds is 10. The molecule has 1 aliphatic rings. The lowest BCUT2D eigenvalue weighted by Gasteiger charge is -2.32. The van der Waals surface area contributed by atoms with Gasteiger partial charge in [0.2, 0.25) is 17.6 Å². The molecule has 4 rings (SSSR count). The zero-order valence-electron chi connectivity index (χ0n) is 20.9. The Morgan fingerprint density at radius 1 is 1.17 bits per heavy atom. The van der Waals surface area contributed by atoms with Gasteiger partial charge >= 0.3 is 0 Å². The van der Waals surface area contributed by atoms with E-state index in [9.17, 15) is 4.79 Å². The van der Waals surface area contributed by atoms with Gasteiger partial charge in [0.05, 0.1) is 14.2 Å². The van der Waals surface area contributed by atoms with Crippen LogP contribution in [0.15, 0.2) is 29.0 Å². The van der Waals surface area contributed by atoms with Crippen LogP contribution in [0, 0.1) is 5.92 Å². The molecule has 1 amide bonds. The number of carbonyl (C=O) groups is 1. The highest BCUT2D eigenvalue weighted by Crippen LogP contribution is 2.31. The summed E-state index contributed by atoms with van der Waals surface area (Å²) < 4.78 is 18.1. The number of methoxy groups -OCH3 is 2. The van der Waals surface area contributed by atoms with Crippen molar-refractivity contribution in [3.8, 4) is 22.9 Å². The van der Waals surface area contributed by atoms with E-state index in [2.05, 4.69) is 38.8 Å². The van der Waals surface area contributed by atoms with Crippen molar-refractivity contribution in [1.29, 1.82) is 0 Å². The third-order valence-corrected chi connectivity index (χ3v) is 6.53. The molecule has 2 aromatic heterocycles. The highest BCUT2D eigenvalue weighted by atomic mass is 16.5. The van der Waals surface area contributed by atoms with Crippen molar-refractivity contribution in [2.45, 2.75) is 58.4 Å². The normalized spacial score (nSPS) is 14.5. The zero-order chi connectivity index (χ0) is 24.8. The number of ether oxygens (including phenoxy) is 2. The van der Waals surface area contributed by atoms with E-state index in [1.54, 1.807) is 26.6 Å². The van der Waals surface area contributed by atoms with Crippen LogP contribution in [-0.4, -0.2) is 63.0 Å². The van der Waals surface area contributed by atoms with Crippen LogP contribution in [0.5, 0.6) is 11.5 Å². The van der Waals surface area contributed by atoms with Crippen molar-refractivity contribution < 1.29 is 18.8 Å². The Morgan fingerprint density at radius 2 is 1.94 bits per heavy atom. The van der Waals surface area contributed by atoms with Crippen molar-refractivity contribution in [2.75, 3.05) is 27.3 Å². The highest BCUT2D eigenvalue weighted by molar-refractivity contribution is 5.76. The standard InChI is InChI=1S/C25H34N6O4/c1-17(2)31-16-26-28-22(31)14-18-10-12-30(13-11-18)24(32)7-5-6-23-27-25(29-35-23)19-8-9-20(33-3)21(15-19)34-4/h8-9,15-18H,5-7,10-14H2,1-4H3. The van der Waals surface area contributed by atoms with E-state index in [1.165, 1.54) is 0 Å². The Labute approximate surface area is 205 Å². The van der Waals surface area contributed by atoms with Crippen molar-refractivity contribution in [1.82, 2.24) is 29.8 Å².